The second kappa shape index (κ2) is 11.0. The number of benzene rings is 3. The third kappa shape index (κ3) is 5.91. The summed E-state index contributed by atoms with van der Waals surface area (Å²) in [7, 11) is 0. The van der Waals surface area contributed by atoms with Crippen LogP contribution in [0.4, 0.5) is 0 Å². The summed E-state index contributed by atoms with van der Waals surface area (Å²) in [6.45, 7) is 3.34. The first-order valence-corrected chi connectivity index (χ1v) is 10.9. The Morgan fingerprint density at radius 1 is 0.812 bits per heavy atom. The predicted molar refractivity (Wildman–Crippen MR) is 124 cm³/mol. The molecule has 0 aliphatic rings. The van der Waals surface area contributed by atoms with Gasteiger partial charge in [-0.05, 0) is 66.6 Å². The molecule has 32 heavy (non-hydrogen) atoms. The van der Waals surface area contributed by atoms with Gasteiger partial charge in [-0.2, -0.15) is 0 Å². The van der Waals surface area contributed by atoms with Crippen LogP contribution in [0, 0.1) is 0 Å². The first kappa shape index (κ1) is 21.5. The molecule has 0 unspecified atom stereocenters. The average Bonchev–Trinajstić information content (AvgIpc) is 3.36. The van der Waals surface area contributed by atoms with Crippen LogP contribution in [0.5, 0.6) is 23.0 Å². The third-order valence-corrected chi connectivity index (χ3v) is 4.93. The largest absolute Gasteiger partial charge is 0.493 e. The molecule has 0 spiro atoms. The van der Waals surface area contributed by atoms with E-state index >= 15 is 0 Å². The van der Waals surface area contributed by atoms with Crippen molar-refractivity contribution in [2.24, 2.45) is 0 Å². The van der Waals surface area contributed by atoms with Crippen LogP contribution in [-0.2, 0) is 6.42 Å². The van der Waals surface area contributed by atoms with Crippen LogP contribution in [0.15, 0.2) is 89.9 Å². The van der Waals surface area contributed by atoms with Gasteiger partial charge in [0, 0.05) is 12.0 Å². The minimum absolute atomic E-state index is 0.585. The summed E-state index contributed by atoms with van der Waals surface area (Å²) in [4.78, 5) is 4.15. The van der Waals surface area contributed by atoms with Crippen molar-refractivity contribution in [2.45, 2.75) is 26.2 Å². The van der Waals surface area contributed by atoms with Crippen molar-refractivity contribution in [3.63, 3.8) is 0 Å². The molecule has 4 aromatic rings. The Hall–Kier alpha value is -3.73. The van der Waals surface area contributed by atoms with Crippen molar-refractivity contribution < 1.29 is 18.6 Å². The lowest BCUT2D eigenvalue weighted by Gasteiger charge is -2.14. The fourth-order valence-corrected chi connectivity index (χ4v) is 3.36. The molecule has 0 amide bonds. The molecule has 5 nitrogen and oxygen atoms in total. The van der Waals surface area contributed by atoms with E-state index in [2.05, 4.69) is 18.0 Å². The van der Waals surface area contributed by atoms with Gasteiger partial charge in [0.25, 0.3) is 0 Å². The molecule has 0 atom stereocenters. The van der Waals surface area contributed by atoms with Crippen molar-refractivity contribution in [3.05, 3.63) is 91.0 Å². The molecule has 1 heterocycles. The summed E-state index contributed by atoms with van der Waals surface area (Å²) in [5, 5.41) is 0. The number of hydrogen-bond donors (Lipinski definition) is 0. The average molecular weight is 430 g/mol. The Bertz CT molecular complexity index is 1080. The summed E-state index contributed by atoms with van der Waals surface area (Å²) in [5.74, 6) is 3.38. The molecule has 0 fully saturated rings. The molecule has 1 aromatic heterocycles. The van der Waals surface area contributed by atoms with Crippen LogP contribution in [0.1, 0.15) is 25.3 Å². The first-order valence-electron chi connectivity index (χ1n) is 10.9. The van der Waals surface area contributed by atoms with Gasteiger partial charge < -0.3 is 18.6 Å². The van der Waals surface area contributed by atoms with E-state index in [0.29, 0.717) is 13.2 Å². The van der Waals surface area contributed by atoms with E-state index in [4.69, 9.17) is 18.6 Å². The fourth-order valence-electron chi connectivity index (χ4n) is 3.36. The highest BCUT2D eigenvalue weighted by molar-refractivity contribution is 5.58. The number of oxazole rings is 1. The van der Waals surface area contributed by atoms with E-state index < -0.39 is 0 Å². The zero-order valence-electron chi connectivity index (χ0n) is 18.2. The Kier molecular flexibility index (Phi) is 7.42. The zero-order valence-corrected chi connectivity index (χ0v) is 18.2. The fraction of sp³-hybridized carbons (Fsp3) is 0.222. The minimum atomic E-state index is 0.585. The molecule has 0 bridgehead atoms. The molecule has 0 saturated carbocycles. The molecule has 0 saturated heterocycles. The lowest BCUT2D eigenvalue weighted by atomic mass is 10.1. The number of para-hydroxylation sites is 1. The number of aromatic nitrogens is 1. The van der Waals surface area contributed by atoms with Crippen LogP contribution in [0.3, 0.4) is 0 Å². The van der Waals surface area contributed by atoms with Crippen molar-refractivity contribution in [3.8, 4) is 34.3 Å². The van der Waals surface area contributed by atoms with Crippen LogP contribution < -0.4 is 14.2 Å². The van der Waals surface area contributed by atoms with Gasteiger partial charge in [-0.25, -0.2) is 4.98 Å². The van der Waals surface area contributed by atoms with Crippen LogP contribution in [-0.4, -0.2) is 18.2 Å². The summed E-state index contributed by atoms with van der Waals surface area (Å²) in [6, 6.07) is 23.6. The summed E-state index contributed by atoms with van der Waals surface area (Å²) < 4.78 is 22.9. The number of ether oxygens (including phenoxy) is 3. The molecule has 0 N–H and O–H groups in total. The van der Waals surface area contributed by atoms with Gasteiger partial charge in [-0.1, -0.05) is 31.5 Å². The second-order valence-corrected chi connectivity index (χ2v) is 7.38. The number of rotatable bonds is 11. The maximum absolute atomic E-state index is 6.05. The van der Waals surface area contributed by atoms with Gasteiger partial charge >= 0.3 is 0 Å². The van der Waals surface area contributed by atoms with E-state index in [0.717, 1.165) is 59.1 Å². The highest BCUT2D eigenvalue weighted by atomic mass is 16.5. The van der Waals surface area contributed by atoms with Gasteiger partial charge in [0.15, 0.2) is 6.39 Å². The molecule has 3 aromatic carbocycles. The van der Waals surface area contributed by atoms with E-state index in [-0.39, 0.29) is 0 Å². The first-order chi connectivity index (χ1) is 15.8. The van der Waals surface area contributed by atoms with Crippen molar-refractivity contribution in [1.29, 1.82) is 0 Å². The molecule has 0 aliphatic carbocycles. The maximum Gasteiger partial charge on any atom is 0.181 e. The Morgan fingerprint density at radius 2 is 1.59 bits per heavy atom. The number of hydrogen-bond acceptors (Lipinski definition) is 5. The Balaban J connectivity index is 1.26. The second-order valence-electron chi connectivity index (χ2n) is 7.38. The number of aryl methyl sites for hydroxylation is 1. The van der Waals surface area contributed by atoms with Crippen molar-refractivity contribution >= 4 is 0 Å². The lowest BCUT2D eigenvalue weighted by molar-refractivity contribution is 0.246. The van der Waals surface area contributed by atoms with E-state index in [1.807, 2.05) is 66.7 Å². The molecular weight excluding hydrogens is 402 g/mol. The topological polar surface area (TPSA) is 53.7 Å². The van der Waals surface area contributed by atoms with Gasteiger partial charge in [-0.3, -0.25) is 0 Å². The lowest BCUT2D eigenvalue weighted by Crippen LogP contribution is -2.06. The van der Waals surface area contributed by atoms with Crippen LogP contribution in [0.2, 0.25) is 0 Å². The molecular formula is C27H27NO4. The van der Waals surface area contributed by atoms with E-state index in [9.17, 15) is 0 Å². The predicted octanol–water partition coefficient (Wildman–Crippen LogP) is 6.93. The van der Waals surface area contributed by atoms with Crippen molar-refractivity contribution in [1.82, 2.24) is 4.98 Å². The van der Waals surface area contributed by atoms with Gasteiger partial charge in [-0.15, -0.1) is 0 Å². The van der Waals surface area contributed by atoms with Crippen molar-refractivity contribution in [2.75, 3.05) is 13.2 Å². The zero-order chi connectivity index (χ0) is 22.0. The highest BCUT2D eigenvalue weighted by Gasteiger charge is 2.07. The molecule has 5 heteroatoms. The standard InChI is InChI=1S/C27H27NO4/c1-2-7-22-18-25(32-24-8-4-3-5-9-24)14-15-27(22)31-17-6-16-30-23-12-10-21(11-13-23)26-19-29-20-28-26/h3-5,8-15,18-20H,2,6-7,16-17H2,1H3. The van der Waals surface area contributed by atoms with Gasteiger partial charge in [0.05, 0.1) is 13.2 Å². The smallest absolute Gasteiger partial charge is 0.181 e. The molecule has 4 rings (SSSR count). The summed E-state index contributed by atoms with van der Waals surface area (Å²) in [6.07, 6.45) is 5.82. The Morgan fingerprint density at radius 3 is 2.34 bits per heavy atom. The summed E-state index contributed by atoms with van der Waals surface area (Å²) in [5.41, 5.74) is 2.97. The van der Waals surface area contributed by atoms with E-state index in [1.54, 1.807) is 6.26 Å². The van der Waals surface area contributed by atoms with Crippen LogP contribution >= 0.6 is 0 Å². The molecule has 0 radical (unpaired) electrons. The maximum atomic E-state index is 6.05. The highest BCUT2D eigenvalue weighted by Crippen LogP contribution is 2.29. The SMILES string of the molecule is CCCc1cc(Oc2ccccc2)ccc1OCCCOc1ccc(-c2cocn2)cc1. The van der Waals surface area contributed by atoms with Gasteiger partial charge in [0.1, 0.15) is 35.0 Å². The quantitative estimate of drug-likeness (QED) is 0.242. The monoisotopic (exact) mass is 429 g/mol. The van der Waals surface area contributed by atoms with Crippen LogP contribution in [0.25, 0.3) is 11.3 Å². The molecule has 0 aliphatic heterocycles. The normalized spacial score (nSPS) is 10.7. The molecule has 164 valence electrons. The summed E-state index contributed by atoms with van der Waals surface area (Å²) >= 11 is 0. The number of nitrogens with zero attached hydrogens (tertiary/aromatic N) is 1. The van der Waals surface area contributed by atoms with Gasteiger partial charge in [0.2, 0.25) is 0 Å². The third-order valence-electron chi connectivity index (χ3n) is 4.93. The Labute approximate surface area is 188 Å². The van der Waals surface area contributed by atoms with E-state index in [1.165, 1.54) is 6.39 Å². The minimum Gasteiger partial charge on any atom is -0.493 e.